The van der Waals surface area contributed by atoms with Crippen molar-refractivity contribution >= 4 is 16.0 Å². The van der Waals surface area contributed by atoms with Crippen LogP contribution in [0.3, 0.4) is 0 Å². The minimum absolute atomic E-state index is 0.0408. The van der Waals surface area contributed by atoms with Crippen LogP contribution in [-0.4, -0.2) is 49.8 Å². The maximum Gasteiger partial charge on any atom is 0.344 e. The minimum atomic E-state index is -3.40. The number of nitrogens with zero attached hydrogens (tertiary/aromatic N) is 1. The molecule has 0 N–H and O–H groups in total. The third-order valence-electron chi connectivity index (χ3n) is 4.59. The SMILES string of the molecule is CCCN(C1CC(C)(C)Oc2ccc(OCC(=O)OCC)cc21)S(=O)(=O)CC. The van der Waals surface area contributed by atoms with E-state index in [1.807, 2.05) is 20.8 Å². The largest absolute Gasteiger partial charge is 0.487 e. The normalized spacial score (nSPS) is 18.3. The van der Waals surface area contributed by atoms with Gasteiger partial charge in [0.05, 0.1) is 18.4 Å². The number of ether oxygens (including phenoxy) is 3. The van der Waals surface area contributed by atoms with Gasteiger partial charge in [0.2, 0.25) is 10.0 Å². The first-order valence-corrected chi connectivity index (χ1v) is 11.3. The summed E-state index contributed by atoms with van der Waals surface area (Å²) in [5.41, 5.74) is 0.256. The second-order valence-corrected chi connectivity index (χ2v) is 9.60. The summed E-state index contributed by atoms with van der Waals surface area (Å²) in [4.78, 5) is 11.6. The number of hydrogen-bond acceptors (Lipinski definition) is 6. The number of esters is 1. The molecule has 0 saturated heterocycles. The van der Waals surface area contributed by atoms with Crippen LogP contribution in [0.15, 0.2) is 18.2 Å². The van der Waals surface area contributed by atoms with E-state index in [9.17, 15) is 13.2 Å². The van der Waals surface area contributed by atoms with E-state index in [2.05, 4.69) is 0 Å². The Kier molecular flexibility index (Phi) is 7.33. The van der Waals surface area contributed by atoms with Crippen LogP contribution in [0, 0.1) is 0 Å². The van der Waals surface area contributed by atoms with Gasteiger partial charge in [-0.2, -0.15) is 4.31 Å². The number of fused-ring (bicyclic) bond motifs is 1. The van der Waals surface area contributed by atoms with Crippen LogP contribution in [0.25, 0.3) is 0 Å². The lowest BCUT2D eigenvalue weighted by atomic mass is 9.89. The van der Waals surface area contributed by atoms with Gasteiger partial charge in [0, 0.05) is 18.5 Å². The molecule has 1 heterocycles. The van der Waals surface area contributed by atoms with Crippen molar-refractivity contribution < 1.29 is 27.4 Å². The topological polar surface area (TPSA) is 82.1 Å². The van der Waals surface area contributed by atoms with Gasteiger partial charge in [-0.15, -0.1) is 0 Å². The fourth-order valence-corrected chi connectivity index (χ4v) is 4.73. The second-order valence-electron chi connectivity index (χ2n) is 7.39. The second kappa shape index (κ2) is 9.13. The highest BCUT2D eigenvalue weighted by atomic mass is 32.2. The molecule has 28 heavy (non-hydrogen) atoms. The quantitative estimate of drug-likeness (QED) is 0.578. The highest BCUT2D eigenvalue weighted by molar-refractivity contribution is 7.89. The molecule has 158 valence electrons. The first-order valence-electron chi connectivity index (χ1n) is 9.74. The van der Waals surface area contributed by atoms with Crippen LogP contribution in [0.5, 0.6) is 11.5 Å². The zero-order chi connectivity index (χ0) is 20.9. The summed E-state index contributed by atoms with van der Waals surface area (Å²) in [6.07, 6.45) is 1.24. The van der Waals surface area contributed by atoms with Crippen LogP contribution < -0.4 is 9.47 Å². The van der Waals surface area contributed by atoms with Gasteiger partial charge in [0.1, 0.15) is 17.1 Å². The third-order valence-corrected chi connectivity index (χ3v) is 6.47. The fourth-order valence-electron chi connectivity index (χ4n) is 3.36. The summed E-state index contributed by atoms with van der Waals surface area (Å²) in [5.74, 6) is 0.706. The Morgan fingerprint density at radius 1 is 1.29 bits per heavy atom. The van der Waals surface area contributed by atoms with Crippen LogP contribution in [0.2, 0.25) is 0 Å². The molecule has 0 amide bonds. The first-order chi connectivity index (χ1) is 13.1. The van der Waals surface area contributed by atoms with E-state index in [1.165, 1.54) is 0 Å². The molecule has 7 nitrogen and oxygen atoms in total. The van der Waals surface area contributed by atoms with E-state index < -0.39 is 21.6 Å². The van der Waals surface area contributed by atoms with Gasteiger partial charge in [-0.25, -0.2) is 13.2 Å². The molecule has 2 rings (SSSR count). The van der Waals surface area contributed by atoms with E-state index in [1.54, 1.807) is 36.4 Å². The molecule has 0 fully saturated rings. The molecule has 1 aliphatic heterocycles. The van der Waals surface area contributed by atoms with Crippen LogP contribution in [0.4, 0.5) is 0 Å². The molecule has 1 atom stereocenters. The van der Waals surface area contributed by atoms with Crippen molar-refractivity contribution in [2.75, 3.05) is 25.5 Å². The smallest absolute Gasteiger partial charge is 0.344 e. The summed E-state index contributed by atoms with van der Waals surface area (Å²) < 4.78 is 43.6. The zero-order valence-corrected chi connectivity index (χ0v) is 18.2. The lowest BCUT2D eigenvalue weighted by molar-refractivity contribution is -0.145. The molecular formula is C20H31NO6S. The minimum Gasteiger partial charge on any atom is -0.487 e. The van der Waals surface area contributed by atoms with Crippen LogP contribution in [-0.2, 0) is 19.6 Å². The monoisotopic (exact) mass is 413 g/mol. The Morgan fingerprint density at radius 3 is 2.61 bits per heavy atom. The Labute approximate surface area is 168 Å². The fraction of sp³-hybridized carbons (Fsp3) is 0.650. The maximum absolute atomic E-state index is 12.8. The van der Waals surface area contributed by atoms with Crippen LogP contribution >= 0.6 is 0 Å². The highest BCUT2D eigenvalue weighted by Gasteiger charge is 2.40. The van der Waals surface area contributed by atoms with Crippen molar-refractivity contribution in [2.24, 2.45) is 0 Å². The molecule has 1 aliphatic rings. The van der Waals surface area contributed by atoms with E-state index in [-0.39, 0.29) is 25.0 Å². The predicted molar refractivity (Wildman–Crippen MR) is 107 cm³/mol. The Balaban J connectivity index is 2.40. The zero-order valence-electron chi connectivity index (χ0n) is 17.4. The van der Waals surface area contributed by atoms with Gasteiger partial charge in [-0.1, -0.05) is 6.92 Å². The lowest BCUT2D eigenvalue weighted by Crippen LogP contribution is -2.44. The third kappa shape index (κ3) is 5.38. The van der Waals surface area contributed by atoms with Gasteiger partial charge in [-0.3, -0.25) is 0 Å². The lowest BCUT2D eigenvalue weighted by Gasteiger charge is -2.42. The van der Waals surface area contributed by atoms with Crippen molar-refractivity contribution in [3.8, 4) is 11.5 Å². The molecule has 0 saturated carbocycles. The molecule has 0 aliphatic carbocycles. The van der Waals surface area contributed by atoms with Gasteiger partial charge in [0.25, 0.3) is 0 Å². The van der Waals surface area contributed by atoms with Crippen molar-refractivity contribution in [2.45, 2.75) is 59.1 Å². The maximum atomic E-state index is 12.8. The molecular weight excluding hydrogens is 382 g/mol. The Bertz CT molecular complexity index is 790. The molecule has 1 unspecified atom stereocenters. The molecule has 0 spiro atoms. The predicted octanol–water partition coefficient (Wildman–Crippen LogP) is 3.29. The van der Waals surface area contributed by atoms with Gasteiger partial charge >= 0.3 is 5.97 Å². The summed E-state index contributed by atoms with van der Waals surface area (Å²) in [7, 11) is -3.40. The molecule has 0 aromatic heterocycles. The molecule has 0 bridgehead atoms. The highest BCUT2D eigenvalue weighted by Crippen LogP contribution is 2.45. The summed E-state index contributed by atoms with van der Waals surface area (Å²) in [5, 5.41) is 0. The summed E-state index contributed by atoms with van der Waals surface area (Å²) >= 11 is 0. The Hall–Kier alpha value is -1.80. The molecule has 1 aromatic carbocycles. The van der Waals surface area contributed by atoms with Gasteiger partial charge in [0.15, 0.2) is 6.61 Å². The summed E-state index contributed by atoms with van der Waals surface area (Å²) in [6.45, 7) is 9.79. The van der Waals surface area contributed by atoms with Crippen molar-refractivity contribution in [1.82, 2.24) is 4.31 Å². The van der Waals surface area contributed by atoms with E-state index >= 15 is 0 Å². The number of hydrogen-bond donors (Lipinski definition) is 0. The number of rotatable bonds is 9. The van der Waals surface area contributed by atoms with E-state index in [0.29, 0.717) is 30.9 Å². The van der Waals surface area contributed by atoms with Crippen LogP contribution in [0.1, 0.15) is 59.1 Å². The Morgan fingerprint density at radius 2 is 2.00 bits per heavy atom. The van der Waals surface area contributed by atoms with Crippen molar-refractivity contribution in [1.29, 1.82) is 0 Å². The van der Waals surface area contributed by atoms with Gasteiger partial charge < -0.3 is 14.2 Å². The van der Waals surface area contributed by atoms with Gasteiger partial charge in [-0.05, 0) is 52.3 Å². The molecule has 1 aromatic rings. The standard InChI is InChI=1S/C20H31NO6S/c1-6-11-21(28(23,24)8-3)17-13-20(4,5)27-18-10-9-15(12-16(17)18)26-14-19(22)25-7-2/h9-10,12,17H,6-8,11,13-14H2,1-5H3. The van der Waals surface area contributed by atoms with Crippen molar-refractivity contribution in [3.05, 3.63) is 23.8 Å². The summed E-state index contributed by atoms with van der Waals surface area (Å²) in [6, 6.07) is 4.90. The average molecular weight is 414 g/mol. The number of carbonyl (C=O) groups excluding carboxylic acids is 1. The first kappa shape index (κ1) is 22.5. The van der Waals surface area contributed by atoms with Crippen molar-refractivity contribution in [3.63, 3.8) is 0 Å². The average Bonchev–Trinajstić information content (AvgIpc) is 2.63. The number of sulfonamides is 1. The molecule has 0 radical (unpaired) electrons. The van der Waals surface area contributed by atoms with E-state index in [0.717, 1.165) is 5.56 Å². The number of benzene rings is 1. The van der Waals surface area contributed by atoms with E-state index in [4.69, 9.17) is 14.2 Å². The molecule has 8 heteroatoms. The number of carbonyl (C=O) groups is 1.